The molecule has 1 atom stereocenters. The van der Waals surface area contributed by atoms with Gasteiger partial charge in [-0.1, -0.05) is 17.7 Å². The number of hydrogen-bond donors (Lipinski definition) is 3. The average molecular weight is 373 g/mol. The smallest absolute Gasteiger partial charge is 0.0738 e. The van der Waals surface area contributed by atoms with Gasteiger partial charge in [-0.05, 0) is 47.5 Å². The van der Waals surface area contributed by atoms with Crippen LogP contribution in [0.5, 0.6) is 0 Å². The molecule has 0 bridgehead atoms. The molecule has 0 spiro atoms. The lowest BCUT2D eigenvalue weighted by atomic mass is 10.0. The molecule has 114 valence electrons. The molecule has 5 nitrogen and oxygen atoms in total. The molecule has 0 saturated carbocycles. The monoisotopic (exact) mass is 371 g/mol. The van der Waals surface area contributed by atoms with Crippen molar-refractivity contribution >= 4 is 33.2 Å². The van der Waals surface area contributed by atoms with E-state index in [1.165, 1.54) is 0 Å². The largest absolute Gasteiger partial charge is 0.398 e. The summed E-state index contributed by atoms with van der Waals surface area (Å²) in [4.78, 5) is 0. The van der Waals surface area contributed by atoms with Crippen LogP contribution in [-0.4, -0.2) is 9.78 Å². The van der Waals surface area contributed by atoms with E-state index >= 15 is 0 Å². The van der Waals surface area contributed by atoms with E-state index in [0.29, 0.717) is 17.1 Å². The van der Waals surface area contributed by atoms with E-state index < -0.39 is 0 Å². The standard InChI is InChI=1S/C14H19BrClN5/c1-3-21-13(14(15)8(2)20-21)7-12(19-18)10-5-4-9(16)6-11(10)17/h4-6,12,19H,3,7,17-18H2,1-2H3. The minimum Gasteiger partial charge on any atom is -0.398 e. The van der Waals surface area contributed by atoms with E-state index in [1.807, 2.05) is 23.7 Å². The van der Waals surface area contributed by atoms with Crippen molar-refractivity contribution in [1.29, 1.82) is 0 Å². The van der Waals surface area contributed by atoms with Gasteiger partial charge in [-0.3, -0.25) is 16.0 Å². The Morgan fingerprint density at radius 1 is 1.48 bits per heavy atom. The van der Waals surface area contributed by atoms with Crippen molar-refractivity contribution < 1.29 is 0 Å². The summed E-state index contributed by atoms with van der Waals surface area (Å²) in [7, 11) is 0. The topological polar surface area (TPSA) is 81.9 Å². The predicted octanol–water partition coefficient (Wildman–Crippen LogP) is 2.96. The first-order chi connectivity index (χ1) is 9.97. The SMILES string of the molecule is CCn1nc(C)c(Br)c1CC(NN)c1ccc(Cl)cc1N. The van der Waals surface area contributed by atoms with Crippen LogP contribution in [0.15, 0.2) is 22.7 Å². The molecular weight excluding hydrogens is 354 g/mol. The molecule has 0 aliphatic carbocycles. The van der Waals surface area contributed by atoms with Crippen LogP contribution < -0.4 is 17.0 Å². The van der Waals surface area contributed by atoms with Crippen molar-refractivity contribution in [3.05, 3.63) is 44.6 Å². The molecule has 0 amide bonds. The van der Waals surface area contributed by atoms with E-state index in [4.69, 9.17) is 23.2 Å². The predicted molar refractivity (Wildman–Crippen MR) is 90.0 cm³/mol. The van der Waals surface area contributed by atoms with Gasteiger partial charge in [0.05, 0.1) is 21.9 Å². The number of hydrogen-bond acceptors (Lipinski definition) is 4. The van der Waals surface area contributed by atoms with Gasteiger partial charge in [0.1, 0.15) is 0 Å². The number of hydrazine groups is 1. The quantitative estimate of drug-likeness (QED) is 0.428. The van der Waals surface area contributed by atoms with Gasteiger partial charge in [-0.15, -0.1) is 0 Å². The number of nitrogens with two attached hydrogens (primary N) is 2. The van der Waals surface area contributed by atoms with E-state index in [2.05, 4.69) is 33.4 Å². The lowest BCUT2D eigenvalue weighted by Gasteiger charge is -2.19. The van der Waals surface area contributed by atoms with Gasteiger partial charge in [0.15, 0.2) is 0 Å². The van der Waals surface area contributed by atoms with E-state index in [1.54, 1.807) is 6.07 Å². The first-order valence-electron chi connectivity index (χ1n) is 6.70. The summed E-state index contributed by atoms with van der Waals surface area (Å²) >= 11 is 9.55. The number of benzene rings is 1. The average Bonchev–Trinajstić information content (AvgIpc) is 2.72. The number of nitrogen functional groups attached to an aromatic ring is 1. The highest BCUT2D eigenvalue weighted by molar-refractivity contribution is 9.10. The van der Waals surface area contributed by atoms with Crippen LogP contribution >= 0.6 is 27.5 Å². The molecule has 1 aromatic carbocycles. The van der Waals surface area contributed by atoms with Crippen LogP contribution in [0, 0.1) is 6.92 Å². The highest BCUT2D eigenvalue weighted by Crippen LogP contribution is 2.29. The van der Waals surface area contributed by atoms with Crippen LogP contribution in [0.4, 0.5) is 5.69 Å². The van der Waals surface area contributed by atoms with Gasteiger partial charge >= 0.3 is 0 Å². The van der Waals surface area contributed by atoms with Crippen molar-refractivity contribution in [2.45, 2.75) is 32.9 Å². The number of anilines is 1. The third kappa shape index (κ3) is 3.40. The van der Waals surface area contributed by atoms with Crippen molar-refractivity contribution in [2.24, 2.45) is 5.84 Å². The zero-order chi connectivity index (χ0) is 15.6. The Labute approximate surface area is 137 Å². The van der Waals surface area contributed by atoms with Gasteiger partial charge in [-0.2, -0.15) is 5.10 Å². The van der Waals surface area contributed by atoms with Gasteiger partial charge in [0.2, 0.25) is 0 Å². The molecule has 2 aromatic rings. The summed E-state index contributed by atoms with van der Waals surface area (Å²) in [5.74, 6) is 5.72. The summed E-state index contributed by atoms with van der Waals surface area (Å²) in [5, 5.41) is 5.11. The van der Waals surface area contributed by atoms with Gasteiger partial charge in [0, 0.05) is 23.7 Å². The maximum Gasteiger partial charge on any atom is 0.0738 e. The fraction of sp³-hybridized carbons (Fsp3) is 0.357. The highest BCUT2D eigenvalue weighted by atomic mass is 79.9. The highest BCUT2D eigenvalue weighted by Gasteiger charge is 2.19. The van der Waals surface area contributed by atoms with E-state index in [0.717, 1.165) is 28.0 Å². The maximum absolute atomic E-state index is 6.05. The van der Waals surface area contributed by atoms with Crippen molar-refractivity contribution in [2.75, 3.05) is 5.73 Å². The third-order valence-electron chi connectivity index (χ3n) is 3.48. The van der Waals surface area contributed by atoms with Crippen molar-refractivity contribution in [1.82, 2.24) is 15.2 Å². The molecule has 0 radical (unpaired) electrons. The molecule has 0 aliphatic heterocycles. The summed E-state index contributed by atoms with van der Waals surface area (Å²) in [6, 6.07) is 5.34. The lowest BCUT2D eigenvalue weighted by molar-refractivity contribution is 0.517. The Bertz CT molecular complexity index is 641. The second-order valence-electron chi connectivity index (χ2n) is 4.86. The molecule has 0 aliphatic rings. The number of aryl methyl sites for hydroxylation is 2. The zero-order valence-electron chi connectivity index (χ0n) is 12.0. The minimum atomic E-state index is -0.111. The normalized spacial score (nSPS) is 12.6. The first kappa shape index (κ1) is 16.3. The minimum absolute atomic E-state index is 0.111. The second-order valence-corrected chi connectivity index (χ2v) is 6.09. The molecule has 2 rings (SSSR count). The summed E-state index contributed by atoms with van der Waals surface area (Å²) < 4.78 is 2.98. The Balaban J connectivity index is 2.35. The Morgan fingerprint density at radius 3 is 2.76 bits per heavy atom. The molecule has 1 unspecified atom stereocenters. The van der Waals surface area contributed by atoms with Gasteiger partial charge in [-0.25, -0.2) is 0 Å². The molecule has 1 heterocycles. The first-order valence-corrected chi connectivity index (χ1v) is 7.87. The number of nitrogens with zero attached hydrogens (tertiary/aromatic N) is 2. The molecule has 1 aromatic heterocycles. The van der Waals surface area contributed by atoms with E-state index in [-0.39, 0.29) is 6.04 Å². The number of halogens is 2. The number of rotatable bonds is 5. The fourth-order valence-electron chi connectivity index (χ4n) is 2.38. The summed E-state index contributed by atoms with van der Waals surface area (Å²) in [6.07, 6.45) is 0.678. The molecule has 21 heavy (non-hydrogen) atoms. The maximum atomic E-state index is 6.05. The summed E-state index contributed by atoms with van der Waals surface area (Å²) in [6.45, 7) is 4.83. The van der Waals surface area contributed by atoms with Gasteiger partial charge < -0.3 is 5.73 Å². The number of nitrogens with one attached hydrogen (secondary N) is 1. The molecular formula is C14H19BrClN5. The molecule has 0 saturated heterocycles. The molecule has 7 heteroatoms. The van der Waals surface area contributed by atoms with Crippen molar-refractivity contribution in [3.63, 3.8) is 0 Å². The fourth-order valence-corrected chi connectivity index (χ4v) is 3.01. The lowest BCUT2D eigenvalue weighted by Crippen LogP contribution is -2.31. The summed E-state index contributed by atoms with van der Waals surface area (Å²) in [5.41, 5.74) is 12.5. The van der Waals surface area contributed by atoms with Crippen LogP contribution in [-0.2, 0) is 13.0 Å². The van der Waals surface area contributed by atoms with Gasteiger partial charge in [0.25, 0.3) is 0 Å². The Hall–Kier alpha value is -1.08. The van der Waals surface area contributed by atoms with Crippen LogP contribution in [0.3, 0.4) is 0 Å². The van der Waals surface area contributed by atoms with Crippen LogP contribution in [0.25, 0.3) is 0 Å². The Morgan fingerprint density at radius 2 is 2.19 bits per heavy atom. The zero-order valence-corrected chi connectivity index (χ0v) is 14.4. The van der Waals surface area contributed by atoms with E-state index in [9.17, 15) is 0 Å². The third-order valence-corrected chi connectivity index (χ3v) is 4.74. The van der Waals surface area contributed by atoms with Crippen LogP contribution in [0.2, 0.25) is 5.02 Å². The Kier molecular flexibility index (Phi) is 5.27. The molecule has 5 N–H and O–H groups in total. The second kappa shape index (κ2) is 6.79. The van der Waals surface area contributed by atoms with Crippen LogP contribution in [0.1, 0.15) is 29.9 Å². The van der Waals surface area contributed by atoms with Crippen molar-refractivity contribution in [3.8, 4) is 0 Å². The number of aromatic nitrogens is 2. The molecule has 0 fully saturated rings.